The predicted octanol–water partition coefficient (Wildman–Crippen LogP) is 1.81. The lowest BCUT2D eigenvalue weighted by molar-refractivity contribution is -0.145. The molecule has 2 bridgehead atoms. The number of hydrogen-bond donors (Lipinski definition) is 3. The lowest BCUT2D eigenvalue weighted by atomic mass is 9.70. The maximum atomic E-state index is 14.1. The number of likely N-dealkylation sites (tertiary alicyclic amines) is 1. The Labute approximate surface area is 217 Å². The molecule has 3 saturated heterocycles. The summed E-state index contributed by atoms with van der Waals surface area (Å²) in [5.74, 6) is -2.19. The Bertz CT molecular complexity index is 1130. The zero-order chi connectivity index (χ0) is 26.0. The molecule has 0 radical (unpaired) electrons. The predicted molar refractivity (Wildman–Crippen MR) is 137 cm³/mol. The van der Waals surface area contributed by atoms with E-state index in [2.05, 4.69) is 10.6 Å². The number of nitrogens with one attached hydrogen (secondary N) is 2. The van der Waals surface area contributed by atoms with Gasteiger partial charge in [-0.25, -0.2) is 0 Å². The van der Waals surface area contributed by atoms with Crippen LogP contribution in [0.4, 0.5) is 0 Å². The van der Waals surface area contributed by atoms with Gasteiger partial charge in [0.15, 0.2) is 0 Å². The summed E-state index contributed by atoms with van der Waals surface area (Å²) in [6.07, 6.45) is 1.93. The van der Waals surface area contributed by atoms with Crippen molar-refractivity contribution in [3.05, 3.63) is 71.8 Å². The Hall–Kier alpha value is -3.23. The molecule has 0 aliphatic carbocycles. The number of fused-ring (bicyclic) bond motifs is 1. The quantitative estimate of drug-likeness (QED) is 0.457. The molecule has 1 spiro atoms. The van der Waals surface area contributed by atoms with Gasteiger partial charge in [0.25, 0.3) is 0 Å². The first-order chi connectivity index (χ1) is 18.0. The molecule has 3 heterocycles. The maximum absolute atomic E-state index is 14.1. The largest absolute Gasteiger partial charge is 0.394 e. The second-order valence-corrected chi connectivity index (χ2v) is 10.3. The van der Waals surface area contributed by atoms with Crippen molar-refractivity contribution in [1.82, 2.24) is 15.5 Å². The van der Waals surface area contributed by atoms with Crippen molar-refractivity contribution in [2.24, 2.45) is 11.8 Å². The molecular weight excluding hydrogens is 470 g/mol. The second-order valence-electron chi connectivity index (χ2n) is 10.3. The van der Waals surface area contributed by atoms with Crippen molar-refractivity contribution in [3.8, 4) is 0 Å². The van der Waals surface area contributed by atoms with E-state index in [-0.39, 0.29) is 30.4 Å². The van der Waals surface area contributed by atoms with E-state index < -0.39 is 29.5 Å². The molecule has 8 heteroatoms. The third-order valence-electron chi connectivity index (χ3n) is 8.07. The summed E-state index contributed by atoms with van der Waals surface area (Å²) >= 11 is 0. The number of amides is 3. The average Bonchev–Trinajstić information content (AvgIpc) is 3.57. The van der Waals surface area contributed by atoms with Crippen LogP contribution in [0.25, 0.3) is 0 Å². The summed E-state index contributed by atoms with van der Waals surface area (Å²) in [7, 11) is 0. The molecule has 6 atom stereocenters. The van der Waals surface area contributed by atoms with Gasteiger partial charge in [0.1, 0.15) is 11.6 Å². The standard InChI is InChI=1S/C29H35N3O5/c1-2-15-30-26(34)23-22-13-14-29(37-22)24(23)28(36)32(21(18-33)16-19-9-5-3-6-10-19)25(29)27(35)31-17-20-11-7-4-8-12-20/h3-12,21-25,33H,2,13-18H2,1H3,(H,30,34)(H,31,35)/t21-,22-,23+,24+,25?,29?/m1/s1. The van der Waals surface area contributed by atoms with E-state index in [1.54, 1.807) is 0 Å². The molecule has 2 unspecified atom stereocenters. The van der Waals surface area contributed by atoms with Crippen molar-refractivity contribution in [1.29, 1.82) is 0 Å². The lowest BCUT2D eigenvalue weighted by Gasteiger charge is -2.36. The molecule has 2 aromatic carbocycles. The molecule has 3 aliphatic rings. The SMILES string of the molecule is CCCNC(=O)[C@@H]1[C@H]2C(=O)N([C@@H](CO)Cc3ccccc3)C(C(=O)NCc3ccccc3)C23CC[C@H]1O3. The smallest absolute Gasteiger partial charge is 0.246 e. The van der Waals surface area contributed by atoms with E-state index in [1.165, 1.54) is 4.90 Å². The number of carbonyl (C=O) groups is 3. The normalized spacial score (nSPS) is 28.7. The zero-order valence-electron chi connectivity index (χ0n) is 21.1. The maximum Gasteiger partial charge on any atom is 0.246 e. The third kappa shape index (κ3) is 4.53. The van der Waals surface area contributed by atoms with E-state index in [0.29, 0.717) is 32.4 Å². The van der Waals surface area contributed by atoms with Gasteiger partial charge in [0.05, 0.1) is 30.6 Å². The number of aliphatic hydroxyl groups excluding tert-OH is 1. The van der Waals surface area contributed by atoms with E-state index in [4.69, 9.17) is 4.74 Å². The highest BCUT2D eigenvalue weighted by atomic mass is 16.5. The van der Waals surface area contributed by atoms with Crippen molar-refractivity contribution in [2.45, 2.75) is 62.9 Å². The molecule has 5 rings (SSSR count). The van der Waals surface area contributed by atoms with Crippen LogP contribution in [-0.4, -0.2) is 64.7 Å². The first-order valence-electron chi connectivity index (χ1n) is 13.2. The number of benzene rings is 2. The number of rotatable bonds is 10. The van der Waals surface area contributed by atoms with Gasteiger partial charge in [0, 0.05) is 13.1 Å². The molecule has 0 aromatic heterocycles. The molecular formula is C29H35N3O5. The monoisotopic (exact) mass is 505 g/mol. The van der Waals surface area contributed by atoms with Crippen LogP contribution in [0.1, 0.15) is 37.3 Å². The highest BCUT2D eigenvalue weighted by Gasteiger charge is 2.75. The van der Waals surface area contributed by atoms with Crippen LogP contribution in [0.2, 0.25) is 0 Å². The van der Waals surface area contributed by atoms with Gasteiger partial charge in [-0.2, -0.15) is 0 Å². The Kier molecular flexibility index (Phi) is 7.31. The van der Waals surface area contributed by atoms with Crippen molar-refractivity contribution in [2.75, 3.05) is 13.2 Å². The molecule has 3 fully saturated rings. The first kappa shape index (κ1) is 25.4. The zero-order valence-corrected chi connectivity index (χ0v) is 21.1. The number of ether oxygens (including phenoxy) is 1. The van der Waals surface area contributed by atoms with Gasteiger partial charge in [0.2, 0.25) is 17.7 Å². The van der Waals surface area contributed by atoms with Gasteiger partial charge in [-0.05, 0) is 36.8 Å². The molecule has 0 saturated carbocycles. The highest BCUT2D eigenvalue weighted by Crippen LogP contribution is 2.58. The lowest BCUT2D eigenvalue weighted by Crippen LogP contribution is -2.58. The highest BCUT2D eigenvalue weighted by molar-refractivity contribution is 5.99. The fourth-order valence-corrected chi connectivity index (χ4v) is 6.47. The number of nitrogens with zero attached hydrogens (tertiary/aromatic N) is 1. The van der Waals surface area contributed by atoms with Crippen molar-refractivity contribution < 1.29 is 24.2 Å². The summed E-state index contributed by atoms with van der Waals surface area (Å²) < 4.78 is 6.46. The van der Waals surface area contributed by atoms with Crippen LogP contribution >= 0.6 is 0 Å². The summed E-state index contributed by atoms with van der Waals surface area (Å²) in [5.41, 5.74) is 0.813. The Balaban J connectivity index is 1.48. The minimum atomic E-state index is -1.08. The topological polar surface area (TPSA) is 108 Å². The van der Waals surface area contributed by atoms with Crippen molar-refractivity contribution >= 4 is 17.7 Å². The van der Waals surface area contributed by atoms with Crippen LogP contribution in [0.15, 0.2) is 60.7 Å². The summed E-state index contributed by atoms with van der Waals surface area (Å²) in [6, 6.07) is 17.6. The fraction of sp³-hybridized carbons (Fsp3) is 0.483. The van der Waals surface area contributed by atoms with Crippen molar-refractivity contribution in [3.63, 3.8) is 0 Å². The summed E-state index contributed by atoms with van der Waals surface area (Å²) in [4.78, 5) is 42.7. The van der Waals surface area contributed by atoms with E-state index in [0.717, 1.165) is 17.5 Å². The van der Waals surface area contributed by atoms with Crippen LogP contribution in [0, 0.1) is 11.8 Å². The Morgan fingerprint density at radius 1 is 1.05 bits per heavy atom. The van der Waals surface area contributed by atoms with Crippen LogP contribution < -0.4 is 10.6 Å². The number of carbonyl (C=O) groups excluding carboxylic acids is 3. The summed E-state index contributed by atoms with van der Waals surface area (Å²) in [5, 5.41) is 16.4. The van der Waals surface area contributed by atoms with Gasteiger partial charge in [-0.15, -0.1) is 0 Å². The Morgan fingerprint density at radius 3 is 2.38 bits per heavy atom. The van der Waals surface area contributed by atoms with Gasteiger partial charge in [-0.3, -0.25) is 14.4 Å². The van der Waals surface area contributed by atoms with Gasteiger partial charge in [-0.1, -0.05) is 67.6 Å². The fourth-order valence-electron chi connectivity index (χ4n) is 6.47. The average molecular weight is 506 g/mol. The van der Waals surface area contributed by atoms with Crippen LogP contribution in [0.5, 0.6) is 0 Å². The van der Waals surface area contributed by atoms with Crippen LogP contribution in [0.3, 0.4) is 0 Å². The molecule has 2 aromatic rings. The van der Waals surface area contributed by atoms with Gasteiger partial charge < -0.3 is 25.4 Å². The molecule has 8 nitrogen and oxygen atoms in total. The second kappa shape index (κ2) is 10.6. The number of aliphatic hydroxyl groups is 1. The van der Waals surface area contributed by atoms with E-state index >= 15 is 0 Å². The minimum absolute atomic E-state index is 0.194. The summed E-state index contributed by atoms with van der Waals surface area (Å²) in [6.45, 7) is 2.51. The molecule has 196 valence electrons. The molecule has 3 amide bonds. The first-order valence-corrected chi connectivity index (χ1v) is 13.2. The van der Waals surface area contributed by atoms with E-state index in [1.807, 2.05) is 67.6 Å². The molecule has 3 N–H and O–H groups in total. The van der Waals surface area contributed by atoms with Crippen LogP contribution in [-0.2, 0) is 32.1 Å². The van der Waals surface area contributed by atoms with Gasteiger partial charge >= 0.3 is 0 Å². The number of hydrogen-bond acceptors (Lipinski definition) is 5. The van der Waals surface area contributed by atoms with E-state index in [9.17, 15) is 19.5 Å². The molecule has 3 aliphatic heterocycles. The molecule has 37 heavy (non-hydrogen) atoms. The third-order valence-corrected chi connectivity index (χ3v) is 8.07. The Morgan fingerprint density at radius 2 is 1.73 bits per heavy atom. The minimum Gasteiger partial charge on any atom is -0.394 e.